The van der Waals surface area contributed by atoms with Crippen LogP contribution in [0.15, 0.2) is 60.7 Å². The summed E-state index contributed by atoms with van der Waals surface area (Å²) in [6.45, 7) is 1.77. The monoisotopic (exact) mass is 326 g/mol. The molecule has 0 amide bonds. The molecule has 0 radical (unpaired) electrons. The van der Waals surface area contributed by atoms with Crippen molar-refractivity contribution in [3.8, 4) is 11.5 Å². The molecule has 0 aliphatic heterocycles. The van der Waals surface area contributed by atoms with Gasteiger partial charge in [0.1, 0.15) is 11.5 Å². The maximum atomic E-state index is 12.0. The van der Waals surface area contributed by atoms with Gasteiger partial charge in [-0.2, -0.15) is 0 Å². The molecule has 23 heavy (non-hydrogen) atoms. The van der Waals surface area contributed by atoms with Crippen LogP contribution in [-0.2, 0) is 4.79 Å². The second-order valence-corrected chi connectivity index (χ2v) is 5.53. The highest BCUT2D eigenvalue weighted by molar-refractivity contribution is 6.35. The molecule has 4 heteroatoms. The highest BCUT2D eigenvalue weighted by Crippen LogP contribution is 2.31. The van der Waals surface area contributed by atoms with E-state index in [1.807, 2.05) is 55.5 Å². The van der Waals surface area contributed by atoms with Crippen molar-refractivity contribution in [2.24, 2.45) is 0 Å². The van der Waals surface area contributed by atoms with E-state index in [1.165, 1.54) is 0 Å². The number of benzene rings is 3. The van der Waals surface area contributed by atoms with E-state index in [1.54, 1.807) is 12.1 Å². The number of hydrogen-bond acceptors (Lipinski definition) is 3. The Hall–Kier alpha value is -2.52. The van der Waals surface area contributed by atoms with Gasteiger partial charge in [0.15, 0.2) is 6.61 Å². The Labute approximate surface area is 139 Å². The number of carbonyl (C=O) groups is 1. The Morgan fingerprint density at radius 3 is 2.39 bits per heavy atom. The molecule has 116 valence electrons. The number of para-hydroxylation sites is 1. The third-order valence-corrected chi connectivity index (χ3v) is 3.82. The smallest absolute Gasteiger partial charge is 0.349 e. The largest absolute Gasteiger partial charge is 0.482 e. The van der Waals surface area contributed by atoms with Crippen molar-refractivity contribution in [1.29, 1.82) is 0 Å². The number of ether oxygens (including phenoxy) is 2. The van der Waals surface area contributed by atoms with E-state index in [4.69, 9.17) is 21.1 Å². The van der Waals surface area contributed by atoms with Gasteiger partial charge in [-0.15, -0.1) is 0 Å². The van der Waals surface area contributed by atoms with E-state index >= 15 is 0 Å². The van der Waals surface area contributed by atoms with Gasteiger partial charge in [-0.1, -0.05) is 54.1 Å². The second kappa shape index (κ2) is 6.71. The summed E-state index contributed by atoms with van der Waals surface area (Å²) in [5, 5.41) is 2.26. The van der Waals surface area contributed by atoms with Crippen molar-refractivity contribution in [2.45, 2.75) is 6.92 Å². The summed E-state index contributed by atoms with van der Waals surface area (Å²) in [6.07, 6.45) is 0. The summed E-state index contributed by atoms with van der Waals surface area (Å²) in [5.74, 6) is 0.689. The summed E-state index contributed by atoms with van der Waals surface area (Å²) in [6, 6.07) is 18.4. The Bertz CT molecular complexity index is 858. The molecule has 0 fully saturated rings. The van der Waals surface area contributed by atoms with Crippen molar-refractivity contribution in [3.05, 3.63) is 71.2 Å². The number of esters is 1. The summed E-state index contributed by atoms with van der Waals surface area (Å²) in [5.41, 5.74) is 0.970. The predicted octanol–water partition coefficient (Wildman–Crippen LogP) is 4.79. The molecule has 0 aliphatic rings. The average Bonchev–Trinajstić information content (AvgIpc) is 2.57. The van der Waals surface area contributed by atoms with Crippen LogP contribution in [0, 0.1) is 6.92 Å². The molecular formula is C19H15ClO3. The normalized spacial score (nSPS) is 10.5. The van der Waals surface area contributed by atoms with Crippen LogP contribution in [0.3, 0.4) is 0 Å². The number of rotatable bonds is 4. The number of fused-ring (bicyclic) bond motifs is 1. The van der Waals surface area contributed by atoms with E-state index < -0.39 is 5.97 Å². The van der Waals surface area contributed by atoms with Gasteiger partial charge in [0.25, 0.3) is 0 Å². The number of halogens is 1. The van der Waals surface area contributed by atoms with Crippen LogP contribution in [0.2, 0.25) is 5.02 Å². The van der Waals surface area contributed by atoms with E-state index in [2.05, 4.69) is 0 Å². The van der Waals surface area contributed by atoms with Gasteiger partial charge in [-0.05, 0) is 30.7 Å². The van der Waals surface area contributed by atoms with Crippen LogP contribution in [-0.4, -0.2) is 12.6 Å². The summed E-state index contributed by atoms with van der Waals surface area (Å²) < 4.78 is 10.9. The summed E-state index contributed by atoms with van der Waals surface area (Å²) in [7, 11) is 0. The van der Waals surface area contributed by atoms with Crippen LogP contribution >= 0.6 is 11.6 Å². The van der Waals surface area contributed by atoms with Gasteiger partial charge < -0.3 is 9.47 Å². The van der Waals surface area contributed by atoms with Crippen molar-refractivity contribution >= 4 is 28.3 Å². The lowest BCUT2D eigenvalue weighted by Crippen LogP contribution is -2.18. The van der Waals surface area contributed by atoms with E-state index in [-0.39, 0.29) is 6.61 Å². The van der Waals surface area contributed by atoms with Crippen molar-refractivity contribution in [1.82, 2.24) is 0 Å². The third kappa shape index (κ3) is 3.46. The predicted molar refractivity (Wildman–Crippen MR) is 91.3 cm³/mol. The molecule has 3 nitrogen and oxygen atoms in total. The fourth-order valence-corrected chi connectivity index (χ4v) is 2.56. The minimum absolute atomic E-state index is 0.151. The molecule has 0 bridgehead atoms. The molecule has 3 rings (SSSR count). The van der Waals surface area contributed by atoms with Gasteiger partial charge in [0, 0.05) is 15.8 Å². The summed E-state index contributed by atoms with van der Waals surface area (Å²) in [4.78, 5) is 12.0. The van der Waals surface area contributed by atoms with Crippen LogP contribution in [0.1, 0.15) is 5.56 Å². The minimum Gasteiger partial charge on any atom is -0.482 e. The fourth-order valence-electron chi connectivity index (χ4n) is 2.33. The molecule has 0 aromatic heterocycles. The third-order valence-electron chi connectivity index (χ3n) is 3.49. The van der Waals surface area contributed by atoms with Crippen molar-refractivity contribution < 1.29 is 14.3 Å². The first kappa shape index (κ1) is 15.4. The first-order valence-corrected chi connectivity index (χ1v) is 7.59. The van der Waals surface area contributed by atoms with Gasteiger partial charge in [-0.3, -0.25) is 0 Å². The zero-order chi connectivity index (χ0) is 16.2. The van der Waals surface area contributed by atoms with Crippen LogP contribution in [0.25, 0.3) is 10.8 Å². The van der Waals surface area contributed by atoms with Gasteiger partial charge in [0.2, 0.25) is 0 Å². The SMILES string of the molecule is Cc1ccccc1OCC(=O)Oc1ccc(Cl)c2ccccc12. The molecule has 0 unspecified atom stereocenters. The Balaban J connectivity index is 1.74. The van der Waals surface area contributed by atoms with E-state index in [0.717, 1.165) is 16.3 Å². The Morgan fingerprint density at radius 1 is 0.913 bits per heavy atom. The zero-order valence-corrected chi connectivity index (χ0v) is 13.3. The standard InChI is InChI=1S/C19H15ClO3/c1-13-6-2-5-9-17(13)22-12-19(21)23-18-11-10-16(20)14-7-3-4-8-15(14)18/h2-11H,12H2,1H3. The van der Waals surface area contributed by atoms with Crippen molar-refractivity contribution in [3.63, 3.8) is 0 Å². The van der Waals surface area contributed by atoms with Gasteiger partial charge in [-0.25, -0.2) is 4.79 Å². The molecule has 0 aliphatic carbocycles. The molecular weight excluding hydrogens is 312 g/mol. The number of hydrogen-bond donors (Lipinski definition) is 0. The van der Waals surface area contributed by atoms with Gasteiger partial charge >= 0.3 is 5.97 Å². The highest BCUT2D eigenvalue weighted by atomic mass is 35.5. The lowest BCUT2D eigenvalue weighted by Gasteiger charge is -2.10. The molecule has 0 spiro atoms. The maximum absolute atomic E-state index is 12.0. The molecule has 0 N–H and O–H groups in total. The van der Waals surface area contributed by atoms with Crippen LogP contribution in [0.5, 0.6) is 11.5 Å². The lowest BCUT2D eigenvalue weighted by atomic mass is 10.1. The summed E-state index contributed by atoms with van der Waals surface area (Å²) >= 11 is 6.16. The molecule has 3 aromatic rings. The van der Waals surface area contributed by atoms with Gasteiger partial charge in [0.05, 0.1) is 0 Å². The fraction of sp³-hybridized carbons (Fsp3) is 0.105. The lowest BCUT2D eigenvalue weighted by molar-refractivity contribution is -0.136. The van der Waals surface area contributed by atoms with Crippen LogP contribution < -0.4 is 9.47 Å². The van der Waals surface area contributed by atoms with E-state index in [0.29, 0.717) is 16.5 Å². The Kier molecular flexibility index (Phi) is 4.49. The highest BCUT2D eigenvalue weighted by Gasteiger charge is 2.11. The first-order valence-electron chi connectivity index (χ1n) is 7.21. The molecule has 0 heterocycles. The molecule has 3 aromatic carbocycles. The first-order chi connectivity index (χ1) is 11.1. The maximum Gasteiger partial charge on any atom is 0.349 e. The molecule has 0 saturated carbocycles. The average molecular weight is 327 g/mol. The second-order valence-electron chi connectivity index (χ2n) is 5.12. The minimum atomic E-state index is -0.458. The molecule has 0 atom stereocenters. The molecule has 0 saturated heterocycles. The quantitative estimate of drug-likeness (QED) is 0.511. The zero-order valence-electron chi connectivity index (χ0n) is 12.6. The topological polar surface area (TPSA) is 35.5 Å². The van der Waals surface area contributed by atoms with Crippen molar-refractivity contribution in [2.75, 3.05) is 6.61 Å². The van der Waals surface area contributed by atoms with Crippen LogP contribution in [0.4, 0.5) is 0 Å². The number of aryl methyl sites for hydroxylation is 1. The Morgan fingerprint density at radius 2 is 1.61 bits per heavy atom. The number of carbonyl (C=O) groups excluding carboxylic acids is 1. The van der Waals surface area contributed by atoms with E-state index in [9.17, 15) is 4.79 Å².